The first-order valence-corrected chi connectivity index (χ1v) is 6.85. The average Bonchev–Trinajstić information content (AvgIpc) is 2.95. The molecule has 0 fully saturated rings. The van der Waals surface area contributed by atoms with Crippen LogP contribution in [0.5, 0.6) is 0 Å². The second-order valence-corrected chi connectivity index (χ2v) is 5.56. The first-order valence-electron chi connectivity index (χ1n) is 5.97. The van der Waals surface area contributed by atoms with Crippen molar-refractivity contribution in [1.29, 1.82) is 0 Å². The number of benzene rings is 1. The van der Waals surface area contributed by atoms with E-state index in [4.69, 9.17) is 10.2 Å². The first kappa shape index (κ1) is 12.3. The number of furan rings is 1. The Morgan fingerprint density at radius 3 is 3.00 bits per heavy atom. The molecular weight excluding hydrogens is 263 g/mol. The number of thiazole rings is 1. The van der Waals surface area contributed by atoms with Gasteiger partial charge in [-0.05, 0) is 31.2 Å². The van der Waals surface area contributed by atoms with Crippen LogP contribution in [0.3, 0.4) is 0 Å². The Bertz CT molecular complexity index is 719. The molecule has 0 aliphatic heterocycles. The molecule has 1 aromatic carbocycles. The number of hydrogen-bond donors (Lipinski definition) is 1. The molecule has 0 amide bonds. The molecule has 0 bridgehead atoms. The summed E-state index contributed by atoms with van der Waals surface area (Å²) in [7, 11) is 0. The maximum Gasteiger partial charge on any atom is 0.134 e. The summed E-state index contributed by atoms with van der Waals surface area (Å²) in [4.78, 5) is 4.38. The van der Waals surface area contributed by atoms with Gasteiger partial charge < -0.3 is 10.2 Å². The fraction of sp³-hybridized carbons (Fsp3) is 0.214. The van der Waals surface area contributed by atoms with Crippen LogP contribution in [0, 0.1) is 12.7 Å². The lowest BCUT2D eigenvalue weighted by Gasteiger charge is -2.05. The predicted molar refractivity (Wildman–Crippen MR) is 73.7 cm³/mol. The topological polar surface area (TPSA) is 52.0 Å². The van der Waals surface area contributed by atoms with E-state index in [2.05, 4.69) is 4.98 Å². The van der Waals surface area contributed by atoms with Crippen LogP contribution in [0.2, 0.25) is 0 Å². The summed E-state index contributed by atoms with van der Waals surface area (Å²) < 4.78 is 18.8. The van der Waals surface area contributed by atoms with E-state index >= 15 is 0 Å². The largest absolute Gasteiger partial charge is 0.459 e. The highest BCUT2D eigenvalue weighted by Gasteiger charge is 2.14. The maximum absolute atomic E-state index is 13.1. The van der Waals surface area contributed by atoms with Gasteiger partial charge in [0.05, 0.1) is 16.7 Å². The molecule has 2 aromatic heterocycles. The predicted octanol–water partition coefficient (Wildman–Crippen LogP) is 3.58. The monoisotopic (exact) mass is 276 g/mol. The highest BCUT2D eigenvalue weighted by atomic mass is 32.1. The van der Waals surface area contributed by atoms with E-state index in [9.17, 15) is 4.39 Å². The molecule has 0 radical (unpaired) electrons. The number of aromatic nitrogens is 1. The molecule has 2 N–H and O–H groups in total. The van der Waals surface area contributed by atoms with Gasteiger partial charge in [0.25, 0.3) is 0 Å². The van der Waals surface area contributed by atoms with E-state index in [0.29, 0.717) is 17.8 Å². The molecule has 3 nitrogen and oxygen atoms in total. The van der Waals surface area contributed by atoms with E-state index in [1.54, 1.807) is 23.5 Å². The van der Waals surface area contributed by atoms with Gasteiger partial charge in [-0.1, -0.05) is 0 Å². The summed E-state index contributed by atoms with van der Waals surface area (Å²) in [5.74, 6) is 0.384. The third-order valence-electron chi connectivity index (χ3n) is 2.96. The third-order valence-corrected chi connectivity index (χ3v) is 3.78. The van der Waals surface area contributed by atoms with E-state index in [0.717, 1.165) is 16.1 Å². The van der Waals surface area contributed by atoms with Gasteiger partial charge in [0, 0.05) is 17.2 Å². The van der Waals surface area contributed by atoms with Crippen molar-refractivity contribution in [1.82, 2.24) is 4.98 Å². The SMILES string of the molecule is Cc1nc(CC(N)c2cc3cc(F)ccc3o2)cs1. The van der Waals surface area contributed by atoms with Crippen LogP contribution < -0.4 is 5.73 Å². The van der Waals surface area contributed by atoms with Crippen LogP contribution in [0.1, 0.15) is 22.5 Å². The average molecular weight is 276 g/mol. The van der Waals surface area contributed by atoms with Gasteiger partial charge in [-0.15, -0.1) is 11.3 Å². The number of halogens is 1. The van der Waals surface area contributed by atoms with Crippen molar-refractivity contribution in [2.24, 2.45) is 5.73 Å². The van der Waals surface area contributed by atoms with Gasteiger partial charge in [-0.3, -0.25) is 0 Å². The van der Waals surface area contributed by atoms with Gasteiger partial charge in [0.2, 0.25) is 0 Å². The highest BCUT2D eigenvalue weighted by molar-refractivity contribution is 7.09. The second kappa shape index (κ2) is 4.75. The molecule has 19 heavy (non-hydrogen) atoms. The zero-order chi connectivity index (χ0) is 13.4. The summed E-state index contributed by atoms with van der Waals surface area (Å²) in [6.45, 7) is 1.96. The van der Waals surface area contributed by atoms with Gasteiger partial charge in [0.15, 0.2) is 0 Å². The van der Waals surface area contributed by atoms with E-state index < -0.39 is 0 Å². The number of nitrogens with two attached hydrogens (primary N) is 1. The molecular formula is C14H13FN2OS. The molecule has 0 spiro atoms. The fourth-order valence-corrected chi connectivity index (χ4v) is 2.67. The van der Waals surface area contributed by atoms with Crippen molar-refractivity contribution in [3.05, 3.63) is 51.9 Å². The molecule has 3 rings (SSSR count). The summed E-state index contributed by atoms with van der Waals surface area (Å²) >= 11 is 1.60. The Balaban J connectivity index is 1.86. The van der Waals surface area contributed by atoms with Gasteiger partial charge in [-0.25, -0.2) is 9.37 Å². The number of rotatable bonds is 3. The van der Waals surface area contributed by atoms with E-state index in [1.165, 1.54) is 12.1 Å². The van der Waals surface area contributed by atoms with Crippen molar-refractivity contribution in [3.8, 4) is 0 Å². The molecule has 3 aromatic rings. The van der Waals surface area contributed by atoms with Crippen LogP contribution in [-0.4, -0.2) is 4.98 Å². The smallest absolute Gasteiger partial charge is 0.134 e. The quantitative estimate of drug-likeness (QED) is 0.795. The minimum Gasteiger partial charge on any atom is -0.459 e. The zero-order valence-corrected chi connectivity index (χ0v) is 11.2. The van der Waals surface area contributed by atoms with Crippen LogP contribution in [0.4, 0.5) is 4.39 Å². The summed E-state index contributed by atoms with van der Waals surface area (Å²) in [6, 6.07) is 5.97. The third kappa shape index (κ3) is 2.52. The Morgan fingerprint density at radius 1 is 1.42 bits per heavy atom. The van der Waals surface area contributed by atoms with Crippen molar-refractivity contribution in [2.45, 2.75) is 19.4 Å². The van der Waals surface area contributed by atoms with Crippen LogP contribution in [-0.2, 0) is 6.42 Å². The minimum atomic E-state index is -0.274. The summed E-state index contributed by atoms with van der Waals surface area (Å²) in [6.07, 6.45) is 0.618. The van der Waals surface area contributed by atoms with E-state index in [1.807, 2.05) is 12.3 Å². The van der Waals surface area contributed by atoms with Gasteiger partial charge in [0.1, 0.15) is 17.2 Å². The van der Waals surface area contributed by atoms with Crippen LogP contribution >= 0.6 is 11.3 Å². The number of aryl methyl sites for hydroxylation is 1. The van der Waals surface area contributed by atoms with Crippen molar-refractivity contribution < 1.29 is 8.81 Å². The Labute approximate surface area is 113 Å². The Kier molecular flexibility index (Phi) is 3.08. The number of nitrogens with zero attached hydrogens (tertiary/aromatic N) is 1. The number of hydrogen-bond acceptors (Lipinski definition) is 4. The molecule has 0 aliphatic rings. The lowest BCUT2D eigenvalue weighted by atomic mass is 10.1. The molecule has 1 unspecified atom stereocenters. The fourth-order valence-electron chi connectivity index (χ4n) is 2.05. The molecule has 1 atom stereocenters. The summed E-state index contributed by atoms with van der Waals surface area (Å²) in [5, 5.41) is 3.76. The van der Waals surface area contributed by atoms with Gasteiger partial charge in [-0.2, -0.15) is 0 Å². The van der Waals surface area contributed by atoms with Crippen molar-refractivity contribution in [3.63, 3.8) is 0 Å². The Hall–Kier alpha value is -1.72. The maximum atomic E-state index is 13.1. The molecule has 0 aliphatic carbocycles. The minimum absolute atomic E-state index is 0.267. The van der Waals surface area contributed by atoms with E-state index in [-0.39, 0.29) is 11.9 Å². The first-order chi connectivity index (χ1) is 9.11. The number of fused-ring (bicyclic) bond motifs is 1. The Morgan fingerprint density at radius 2 is 2.26 bits per heavy atom. The van der Waals surface area contributed by atoms with Crippen molar-refractivity contribution >= 4 is 22.3 Å². The molecule has 0 saturated heterocycles. The molecule has 2 heterocycles. The molecule has 98 valence electrons. The van der Waals surface area contributed by atoms with Gasteiger partial charge >= 0.3 is 0 Å². The standard InChI is InChI=1S/C14H13FN2OS/c1-8-17-11(7-19-8)6-12(16)14-5-9-4-10(15)2-3-13(9)18-14/h2-5,7,12H,6,16H2,1H3. The molecule has 5 heteroatoms. The second-order valence-electron chi connectivity index (χ2n) is 4.50. The van der Waals surface area contributed by atoms with Crippen molar-refractivity contribution in [2.75, 3.05) is 0 Å². The van der Waals surface area contributed by atoms with Crippen LogP contribution in [0.15, 0.2) is 34.1 Å². The lowest BCUT2D eigenvalue weighted by molar-refractivity contribution is 0.491. The molecule has 0 saturated carbocycles. The highest BCUT2D eigenvalue weighted by Crippen LogP contribution is 2.25. The zero-order valence-electron chi connectivity index (χ0n) is 10.4. The lowest BCUT2D eigenvalue weighted by Crippen LogP contribution is -2.12. The normalized spacial score (nSPS) is 13.0. The van der Waals surface area contributed by atoms with Crippen LogP contribution in [0.25, 0.3) is 11.0 Å². The summed E-state index contributed by atoms with van der Waals surface area (Å²) in [5.41, 5.74) is 7.73.